The van der Waals surface area contributed by atoms with Crippen LogP contribution in [0.4, 0.5) is 10.1 Å². The summed E-state index contributed by atoms with van der Waals surface area (Å²) in [4.78, 5) is 0. The third kappa shape index (κ3) is 2.75. The van der Waals surface area contributed by atoms with E-state index in [1.54, 1.807) is 6.07 Å². The minimum absolute atomic E-state index is 0.198. The third-order valence-corrected chi connectivity index (χ3v) is 3.54. The summed E-state index contributed by atoms with van der Waals surface area (Å²) in [6.45, 7) is 0. The van der Waals surface area contributed by atoms with Crippen LogP contribution in [0.2, 0.25) is 0 Å². The molecule has 0 heterocycles. The van der Waals surface area contributed by atoms with Crippen molar-refractivity contribution in [3.63, 3.8) is 0 Å². The predicted molar refractivity (Wildman–Crippen MR) is 65.9 cm³/mol. The Kier molecular flexibility index (Phi) is 3.81. The van der Waals surface area contributed by atoms with E-state index in [0.29, 0.717) is 5.69 Å². The lowest BCUT2D eigenvalue weighted by Gasteiger charge is -2.19. The average molecular weight is 221 g/mol. The summed E-state index contributed by atoms with van der Waals surface area (Å²) in [6.07, 6.45) is 6.09. The second-order valence-electron chi connectivity index (χ2n) is 4.82. The van der Waals surface area contributed by atoms with Crippen LogP contribution in [0.25, 0.3) is 0 Å². The van der Waals surface area contributed by atoms with Gasteiger partial charge < -0.3 is 5.73 Å². The molecule has 1 aromatic rings. The van der Waals surface area contributed by atoms with Crippen LogP contribution >= 0.6 is 0 Å². The Morgan fingerprint density at radius 1 is 1.12 bits per heavy atom. The minimum atomic E-state index is -0.832. The fourth-order valence-corrected chi connectivity index (χ4v) is 2.61. The zero-order valence-electron chi connectivity index (χ0n) is 9.66. The van der Waals surface area contributed by atoms with E-state index in [2.05, 4.69) is 0 Å². The highest BCUT2D eigenvalue weighted by Gasteiger charge is 2.23. The lowest BCUT2D eigenvalue weighted by molar-refractivity contribution is 0.212. The van der Waals surface area contributed by atoms with Crippen molar-refractivity contribution in [1.82, 2.24) is 0 Å². The van der Waals surface area contributed by atoms with Crippen LogP contribution in [0.5, 0.6) is 0 Å². The lowest BCUT2D eigenvalue weighted by atomic mass is 9.90. The van der Waals surface area contributed by atoms with E-state index in [9.17, 15) is 4.39 Å². The number of nitrogens with two attached hydrogens (primary N) is 1. The molecule has 1 unspecified atom stereocenters. The number of hydrogen-bond acceptors (Lipinski definition) is 1. The summed E-state index contributed by atoms with van der Waals surface area (Å²) >= 11 is 0. The summed E-state index contributed by atoms with van der Waals surface area (Å²) in [5.41, 5.74) is 7.11. The summed E-state index contributed by atoms with van der Waals surface area (Å²) in [7, 11) is 0. The van der Waals surface area contributed by atoms with E-state index in [4.69, 9.17) is 5.73 Å². The molecule has 1 saturated carbocycles. The molecule has 1 aromatic carbocycles. The Labute approximate surface area is 96.9 Å². The van der Waals surface area contributed by atoms with Gasteiger partial charge in [-0.25, -0.2) is 4.39 Å². The topological polar surface area (TPSA) is 26.0 Å². The maximum Gasteiger partial charge on any atom is 0.128 e. The zero-order chi connectivity index (χ0) is 11.4. The quantitative estimate of drug-likeness (QED) is 0.586. The molecule has 1 aliphatic rings. The first kappa shape index (κ1) is 11.4. The van der Waals surface area contributed by atoms with Gasteiger partial charge in [-0.15, -0.1) is 0 Å². The van der Waals surface area contributed by atoms with Crippen molar-refractivity contribution in [2.24, 2.45) is 5.92 Å². The van der Waals surface area contributed by atoms with Gasteiger partial charge in [0.2, 0.25) is 0 Å². The van der Waals surface area contributed by atoms with Crippen molar-refractivity contribution in [1.29, 1.82) is 0 Å². The van der Waals surface area contributed by atoms with Gasteiger partial charge in [0.15, 0.2) is 0 Å². The van der Waals surface area contributed by atoms with Crippen LogP contribution in [0.15, 0.2) is 24.3 Å². The maximum atomic E-state index is 14.3. The summed E-state index contributed by atoms with van der Waals surface area (Å²) < 4.78 is 14.3. The maximum absolute atomic E-state index is 14.3. The van der Waals surface area contributed by atoms with Crippen molar-refractivity contribution in [3.8, 4) is 0 Å². The number of nitrogen functional groups attached to an aromatic ring is 1. The van der Waals surface area contributed by atoms with Crippen molar-refractivity contribution in [2.45, 2.75) is 44.7 Å². The van der Waals surface area contributed by atoms with E-state index in [-0.39, 0.29) is 5.92 Å². The second-order valence-corrected chi connectivity index (χ2v) is 4.82. The molecule has 1 aliphatic carbocycles. The highest BCUT2D eigenvalue weighted by Crippen LogP contribution is 2.36. The molecule has 88 valence electrons. The average Bonchev–Trinajstić information content (AvgIpc) is 2.56. The van der Waals surface area contributed by atoms with Crippen molar-refractivity contribution in [2.75, 3.05) is 5.73 Å². The van der Waals surface area contributed by atoms with Crippen molar-refractivity contribution < 1.29 is 4.39 Å². The van der Waals surface area contributed by atoms with Crippen LogP contribution in [0, 0.1) is 5.92 Å². The minimum Gasteiger partial charge on any atom is -0.399 e. The normalized spacial score (nSPS) is 20.3. The summed E-state index contributed by atoms with van der Waals surface area (Å²) in [6, 6.07) is 7.28. The molecule has 0 aliphatic heterocycles. The van der Waals surface area contributed by atoms with Gasteiger partial charge in [0, 0.05) is 5.69 Å². The SMILES string of the molecule is Nc1cccc(C(F)C2CCCCCC2)c1. The summed E-state index contributed by atoms with van der Waals surface area (Å²) in [5, 5.41) is 0. The van der Waals surface area contributed by atoms with Gasteiger partial charge in [0.05, 0.1) is 0 Å². The molecule has 0 spiro atoms. The number of rotatable bonds is 2. The molecular formula is C14H20FN. The van der Waals surface area contributed by atoms with Gasteiger partial charge in [-0.05, 0) is 36.5 Å². The van der Waals surface area contributed by atoms with Crippen LogP contribution < -0.4 is 5.73 Å². The summed E-state index contributed by atoms with van der Waals surface area (Å²) in [5.74, 6) is 0.198. The predicted octanol–water partition coefficient (Wildman–Crippen LogP) is 4.25. The molecular weight excluding hydrogens is 201 g/mol. The van der Waals surface area contributed by atoms with Crippen LogP contribution in [0.1, 0.15) is 50.3 Å². The molecule has 0 radical (unpaired) electrons. The number of hydrogen-bond donors (Lipinski definition) is 1. The van der Waals surface area contributed by atoms with Gasteiger partial charge in [0.1, 0.15) is 6.17 Å². The van der Waals surface area contributed by atoms with E-state index < -0.39 is 6.17 Å². The molecule has 1 fully saturated rings. The molecule has 0 saturated heterocycles. The van der Waals surface area contributed by atoms with Gasteiger partial charge >= 0.3 is 0 Å². The Morgan fingerprint density at radius 3 is 2.44 bits per heavy atom. The van der Waals surface area contributed by atoms with E-state index >= 15 is 0 Å². The van der Waals surface area contributed by atoms with Crippen LogP contribution in [-0.2, 0) is 0 Å². The van der Waals surface area contributed by atoms with Gasteiger partial charge in [-0.3, -0.25) is 0 Å². The fourth-order valence-electron chi connectivity index (χ4n) is 2.61. The second kappa shape index (κ2) is 5.33. The zero-order valence-corrected chi connectivity index (χ0v) is 9.66. The van der Waals surface area contributed by atoms with Crippen molar-refractivity contribution >= 4 is 5.69 Å². The van der Waals surface area contributed by atoms with E-state index in [1.807, 2.05) is 18.2 Å². The molecule has 1 atom stereocenters. The standard InChI is InChI=1S/C14H20FN/c15-14(11-6-3-1-2-4-7-11)12-8-5-9-13(16)10-12/h5,8-11,14H,1-4,6-7,16H2. The lowest BCUT2D eigenvalue weighted by Crippen LogP contribution is -2.08. The number of benzene rings is 1. The number of anilines is 1. The van der Waals surface area contributed by atoms with Crippen molar-refractivity contribution in [3.05, 3.63) is 29.8 Å². The Balaban J connectivity index is 2.07. The molecule has 2 N–H and O–H groups in total. The Hall–Kier alpha value is -1.05. The first-order valence-electron chi connectivity index (χ1n) is 6.27. The van der Waals surface area contributed by atoms with Gasteiger partial charge in [-0.2, -0.15) is 0 Å². The Morgan fingerprint density at radius 2 is 1.81 bits per heavy atom. The van der Waals surface area contributed by atoms with Gasteiger partial charge in [-0.1, -0.05) is 37.8 Å². The third-order valence-electron chi connectivity index (χ3n) is 3.54. The molecule has 2 heteroatoms. The molecule has 0 bridgehead atoms. The van der Waals surface area contributed by atoms with Crippen LogP contribution in [0.3, 0.4) is 0 Å². The van der Waals surface area contributed by atoms with Gasteiger partial charge in [0.25, 0.3) is 0 Å². The monoisotopic (exact) mass is 221 g/mol. The number of alkyl halides is 1. The largest absolute Gasteiger partial charge is 0.399 e. The van der Waals surface area contributed by atoms with E-state index in [0.717, 1.165) is 18.4 Å². The van der Waals surface area contributed by atoms with E-state index in [1.165, 1.54) is 25.7 Å². The number of halogens is 1. The molecule has 2 rings (SSSR count). The molecule has 16 heavy (non-hydrogen) atoms. The highest BCUT2D eigenvalue weighted by molar-refractivity contribution is 5.41. The first-order chi connectivity index (χ1) is 7.77. The molecule has 1 nitrogen and oxygen atoms in total. The smallest absolute Gasteiger partial charge is 0.128 e. The van der Waals surface area contributed by atoms with Crippen LogP contribution in [-0.4, -0.2) is 0 Å². The molecule has 0 amide bonds. The highest BCUT2D eigenvalue weighted by atomic mass is 19.1. The Bertz CT molecular complexity index is 329. The fraction of sp³-hybridized carbons (Fsp3) is 0.571. The molecule has 0 aromatic heterocycles. The first-order valence-corrected chi connectivity index (χ1v) is 6.27.